The van der Waals surface area contributed by atoms with Crippen LogP contribution < -0.4 is 0 Å². The first-order valence-corrected chi connectivity index (χ1v) is 7.34. The summed E-state index contributed by atoms with van der Waals surface area (Å²) in [5, 5.41) is 0. The third-order valence-electron chi connectivity index (χ3n) is 5.72. The van der Waals surface area contributed by atoms with Crippen LogP contribution >= 0.6 is 0 Å². The summed E-state index contributed by atoms with van der Waals surface area (Å²) in [5.41, 5.74) is 0. The van der Waals surface area contributed by atoms with Crippen LogP contribution in [0, 0.1) is 5.92 Å². The van der Waals surface area contributed by atoms with Gasteiger partial charge in [-0.05, 0) is 32.8 Å². The first-order valence-electron chi connectivity index (χ1n) is 7.34. The third-order valence-corrected chi connectivity index (χ3v) is 5.72. The summed E-state index contributed by atoms with van der Waals surface area (Å²) in [5.74, 6) is 0.908. The van der Waals surface area contributed by atoms with Crippen molar-refractivity contribution in [2.45, 2.75) is 76.9 Å². The highest BCUT2D eigenvalue weighted by molar-refractivity contribution is 5.05. The molecule has 3 unspecified atom stereocenters. The van der Waals surface area contributed by atoms with Gasteiger partial charge >= 0.3 is 0 Å². The van der Waals surface area contributed by atoms with Crippen molar-refractivity contribution in [3.63, 3.8) is 0 Å². The maximum absolute atomic E-state index is 2.57. The smallest absolute Gasteiger partial charge is 0.144 e. The molecule has 3 aliphatic rings. The van der Waals surface area contributed by atoms with Crippen LogP contribution in [0.3, 0.4) is 0 Å². The summed E-state index contributed by atoms with van der Waals surface area (Å²) < 4.78 is 1.35. The number of hydrogen-bond acceptors (Lipinski definition) is 0. The van der Waals surface area contributed by atoms with Crippen LogP contribution in [0.15, 0.2) is 12.3 Å². The Morgan fingerprint density at radius 3 is 2.19 bits per heavy atom. The molecule has 0 bridgehead atoms. The van der Waals surface area contributed by atoms with Crippen LogP contribution in [-0.4, -0.2) is 22.6 Å². The van der Waals surface area contributed by atoms with Crippen molar-refractivity contribution in [1.29, 1.82) is 0 Å². The summed E-state index contributed by atoms with van der Waals surface area (Å²) in [7, 11) is 0. The fourth-order valence-corrected chi connectivity index (χ4v) is 4.44. The third kappa shape index (κ3) is 1.40. The topological polar surface area (TPSA) is 0 Å². The fraction of sp³-hybridized carbons (Fsp3) is 0.867. The SMILES string of the molecule is C[C@@H]1[C@H](C)[N+]12C=CC1CCCCCCCC12. The van der Waals surface area contributed by atoms with Gasteiger partial charge in [-0.2, -0.15) is 0 Å². The highest BCUT2D eigenvalue weighted by Crippen LogP contribution is 2.52. The van der Waals surface area contributed by atoms with Crippen LogP contribution in [-0.2, 0) is 0 Å². The number of quaternary nitrogens is 1. The van der Waals surface area contributed by atoms with Crippen LogP contribution in [0.2, 0.25) is 0 Å². The lowest BCUT2D eigenvalue weighted by Gasteiger charge is -2.26. The normalized spacial score (nSPS) is 51.9. The maximum Gasteiger partial charge on any atom is 0.144 e. The minimum atomic E-state index is 0.895. The summed E-state index contributed by atoms with van der Waals surface area (Å²) in [6, 6.07) is 2.74. The number of hydrogen-bond donors (Lipinski definition) is 0. The van der Waals surface area contributed by atoms with Crippen LogP contribution in [0.25, 0.3) is 0 Å². The molecule has 0 aromatic rings. The van der Waals surface area contributed by atoms with Gasteiger partial charge in [0.05, 0.1) is 6.20 Å². The molecule has 90 valence electrons. The molecular weight excluding hydrogens is 194 g/mol. The van der Waals surface area contributed by atoms with E-state index in [1.165, 1.54) is 49.4 Å². The zero-order chi connectivity index (χ0) is 11.2. The van der Waals surface area contributed by atoms with Crippen LogP contribution in [0.4, 0.5) is 0 Å². The monoisotopic (exact) mass is 220 g/mol. The summed E-state index contributed by atoms with van der Waals surface area (Å²) in [4.78, 5) is 0. The van der Waals surface area contributed by atoms with Gasteiger partial charge in [0, 0.05) is 12.3 Å². The summed E-state index contributed by atoms with van der Waals surface area (Å²) in [6.45, 7) is 4.90. The highest BCUT2D eigenvalue weighted by Gasteiger charge is 2.66. The van der Waals surface area contributed by atoms with Crippen molar-refractivity contribution in [3.05, 3.63) is 12.3 Å². The lowest BCUT2D eigenvalue weighted by Crippen LogP contribution is -2.36. The van der Waals surface area contributed by atoms with E-state index in [9.17, 15) is 0 Å². The van der Waals surface area contributed by atoms with E-state index in [0.717, 1.165) is 24.0 Å². The lowest BCUT2D eigenvalue weighted by molar-refractivity contribution is -0.796. The van der Waals surface area contributed by atoms with Crippen molar-refractivity contribution in [3.8, 4) is 0 Å². The van der Waals surface area contributed by atoms with Crippen LogP contribution in [0.1, 0.15) is 58.8 Å². The first-order chi connectivity index (χ1) is 7.77. The molecule has 2 fully saturated rings. The largest absolute Gasteiger partial charge is 0.280 e. The van der Waals surface area contributed by atoms with Gasteiger partial charge in [0.1, 0.15) is 18.1 Å². The van der Waals surface area contributed by atoms with Gasteiger partial charge in [0.15, 0.2) is 0 Å². The van der Waals surface area contributed by atoms with Gasteiger partial charge in [0.2, 0.25) is 0 Å². The second kappa shape index (κ2) is 3.87. The van der Waals surface area contributed by atoms with E-state index in [0.29, 0.717) is 0 Å². The molecule has 1 nitrogen and oxygen atoms in total. The Hall–Kier alpha value is -0.300. The van der Waals surface area contributed by atoms with Gasteiger partial charge in [-0.1, -0.05) is 25.7 Å². The standard InChI is InChI=1S/C15H26N/c1-12-13(2)16(12)11-10-14-8-6-4-3-5-7-9-15(14)16/h10-15H,3-9H2,1-2H3/q+1/t12-,13+,14?,15?,16?. The lowest BCUT2D eigenvalue weighted by atomic mass is 9.93. The minimum absolute atomic E-state index is 0.895. The van der Waals surface area contributed by atoms with E-state index in [1.807, 2.05) is 0 Å². The molecule has 0 aromatic carbocycles. The Morgan fingerprint density at radius 1 is 0.875 bits per heavy atom. The average molecular weight is 220 g/mol. The quantitative estimate of drug-likeness (QED) is 0.430. The first kappa shape index (κ1) is 10.8. The molecule has 3 rings (SSSR count). The van der Waals surface area contributed by atoms with Crippen molar-refractivity contribution in [2.75, 3.05) is 0 Å². The molecule has 1 spiro atoms. The zero-order valence-electron chi connectivity index (χ0n) is 10.9. The molecule has 2 heterocycles. The minimum Gasteiger partial charge on any atom is -0.280 e. The maximum atomic E-state index is 2.57. The van der Waals surface area contributed by atoms with Gasteiger partial charge in [0.25, 0.3) is 0 Å². The molecule has 1 saturated carbocycles. The molecule has 16 heavy (non-hydrogen) atoms. The number of nitrogens with zero attached hydrogens (tertiary/aromatic N) is 1. The Kier molecular flexibility index (Phi) is 2.62. The Labute approximate surface area is 100 Å². The predicted octanol–water partition coefficient (Wildman–Crippen LogP) is 3.85. The van der Waals surface area contributed by atoms with Gasteiger partial charge in [-0.3, -0.25) is 4.48 Å². The molecule has 0 N–H and O–H groups in total. The van der Waals surface area contributed by atoms with Gasteiger partial charge in [-0.25, -0.2) is 0 Å². The summed E-state index contributed by atoms with van der Waals surface area (Å²) in [6.07, 6.45) is 15.4. The molecule has 1 aliphatic carbocycles. The van der Waals surface area contributed by atoms with E-state index < -0.39 is 0 Å². The molecule has 0 aromatic heterocycles. The van der Waals surface area contributed by atoms with Crippen molar-refractivity contribution in [1.82, 2.24) is 0 Å². The predicted molar refractivity (Wildman–Crippen MR) is 67.9 cm³/mol. The summed E-state index contributed by atoms with van der Waals surface area (Å²) >= 11 is 0. The molecule has 0 amide bonds. The van der Waals surface area contributed by atoms with Crippen molar-refractivity contribution in [2.24, 2.45) is 5.92 Å². The zero-order valence-corrected chi connectivity index (χ0v) is 10.9. The molecule has 1 heteroatoms. The van der Waals surface area contributed by atoms with Gasteiger partial charge < -0.3 is 0 Å². The second-order valence-corrected chi connectivity index (χ2v) is 6.29. The molecule has 2 aliphatic heterocycles. The molecule has 5 atom stereocenters. The fourth-order valence-electron chi connectivity index (χ4n) is 4.44. The molecule has 1 saturated heterocycles. The van der Waals surface area contributed by atoms with Gasteiger partial charge in [-0.15, -0.1) is 0 Å². The van der Waals surface area contributed by atoms with E-state index >= 15 is 0 Å². The number of rotatable bonds is 0. The molecular formula is C15H26N+. The second-order valence-electron chi connectivity index (χ2n) is 6.29. The Morgan fingerprint density at radius 2 is 1.50 bits per heavy atom. The molecule has 0 radical (unpaired) electrons. The Bertz CT molecular complexity index is 286. The van der Waals surface area contributed by atoms with Crippen LogP contribution in [0.5, 0.6) is 0 Å². The van der Waals surface area contributed by atoms with E-state index in [2.05, 4.69) is 26.1 Å². The van der Waals surface area contributed by atoms with Crippen molar-refractivity contribution < 1.29 is 4.48 Å². The van der Waals surface area contributed by atoms with E-state index in [4.69, 9.17) is 0 Å². The van der Waals surface area contributed by atoms with Crippen molar-refractivity contribution >= 4 is 0 Å². The average Bonchev–Trinajstić information content (AvgIpc) is 2.68. The Balaban J connectivity index is 1.78. The number of fused-ring (bicyclic) bond motifs is 2. The van der Waals surface area contributed by atoms with E-state index in [1.54, 1.807) is 0 Å². The highest BCUT2D eigenvalue weighted by atomic mass is 15.6. The van der Waals surface area contributed by atoms with E-state index in [-0.39, 0.29) is 0 Å².